The molecule has 0 aromatic heterocycles. The number of hydrogen-bond donors (Lipinski definition) is 1. The molecule has 1 aliphatic heterocycles. The Labute approximate surface area is 101 Å². The Kier molecular flexibility index (Phi) is 3.60. The predicted molar refractivity (Wildman–Crippen MR) is 69.1 cm³/mol. The zero-order valence-corrected chi connectivity index (χ0v) is 9.89. The molecule has 1 aromatic carbocycles. The first-order chi connectivity index (χ1) is 8.29. The summed E-state index contributed by atoms with van der Waals surface area (Å²) in [5.74, 6) is 0. The van der Waals surface area contributed by atoms with Crippen LogP contribution in [0, 0.1) is 0 Å². The van der Waals surface area contributed by atoms with Gasteiger partial charge in [-0.2, -0.15) is 0 Å². The largest absolute Gasteiger partial charge is 0.377 e. The lowest BCUT2D eigenvalue weighted by atomic mass is 10.0. The summed E-state index contributed by atoms with van der Waals surface area (Å²) < 4.78 is 0. The molecule has 3 heteroatoms. The quantitative estimate of drug-likeness (QED) is 0.797. The first-order valence-corrected chi connectivity index (χ1v) is 5.64. The standard InChI is InChI=1S/C14H16N2O/c1-16-8-6-14(7-9-16)13-4-2-12(3-5-13)10-15-11-17/h2-8,11H,9-10H2,1H3,(H,15,17). The number of nitrogens with one attached hydrogen (secondary N) is 1. The lowest BCUT2D eigenvalue weighted by molar-refractivity contribution is -0.109. The third-order valence-corrected chi connectivity index (χ3v) is 2.78. The molecule has 2 rings (SSSR count). The summed E-state index contributed by atoms with van der Waals surface area (Å²) in [4.78, 5) is 12.3. The van der Waals surface area contributed by atoms with Crippen LogP contribution in [0.25, 0.3) is 5.57 Å². The first kappa shape index (κ1) is 11.5. The van der Waals surface area contributed by atoms with Crippen molar-refractivity contribution in [1.82, 2.24) is 10.2 Å². The van der Waals surface area contributed by atoms with Crippen molar-refractivity contribution in [3.8, 4) is 0 Å². The fraction of sp³-hybridized carbons (Fsp3) is 0.214. The molecule has 0 atom stereocenters. The molecular weight excluding hydrogens is 212 g/mol. The van der Waals surface area contributed by atoms with E-state index < -0.39 is 0 Å². The third-order valence-electron chi connectivity index (χ3n) is 2.78. The van der Waals surface area contributed by atoms with Crippen molar-refractivity contribution in [3.63, 3.8) is 0 Å². The Hall–Kier alpha value is -2.03. The van der Waals surface area contributed by atoms with Gasteiger partial charge >= 0.3 is 0 Å². The van der Waals surface area contributed by atoms with E-state index in [4.69, 9.17) is 0 Å². The van der Waals surface area contributed by atoms with Gasteiger partial charge in [-0.1, -0.05) is 30.3 Å². The monoisotopic (exact) mass is 228 g/mol. The average Bonchev–Trinajstić information content (AvgIpc) is 2.38. The molecule has 1 aromatic rings. The van der Waals surface area contributed by atoms with Crippen LogP contribution in [-0.2, 0) is 11.3 Å². The summed E-state index contributed by atoms with van der Waals surface area (Å²) in [5, 5.41) is 2.65. The van der Waals surface area contributed by atoms with Crippen LogP contribution in [-0.4, -0.2) is 24.9 Å². The average molecular weight is 228 g/mol. The number of carbonyl (C=O) groups excluding carboxylic acids is 1. The van der Waals surface area contributed by atoms with Crippen molar-refractivity contribution in [2.75, 3.05) is 13.6 Å². The van der Waals surface area contributed by atoms with Crippen LogP contribution in [0.3, 0.4) is 0 Å². The smallest absolute Gasteiger partial charge is 0.207 e. The van der Waals surface area contributed by atoms with Crippen molar-refractivity contribution >= 4 is 12.0 Å². The topological polar surface area (TPSA) is 32.3 Å². The zero-order chi connectivity index (χ0) is 12.1. The van der Waals surface area contributed by atoms with Crippen LogP contribution in [0.2, 0.25) is 0 Å². The summed E-state index contributed by atoms with van der Waals surface area (Å²) in [6.07, 6.45) is 7.12. The SMILES string of the molecule is CN1C=CC(c2ccc(CNC=O)cc2)=CC1. The summed E-state index contributed by atoms with van der Waals surface area (Å²) in [6.45, 7) is 1.53. The van der Waals surface area contributed by atoms with Gasteiger partial charge in [0.15, 0.2) is 0 Å². The van der Waals surface area contributed by atoms with E-state index in [1.807, 2.05) is 12.1 Å². The van der Waals surface area contributed by atoms with E-state index in [9.17, 15) is 4.79 Å². The minimum Gasteiger partial charge on any atom is -0.377 e. The van der Waals surface area contributed by atoms with Crippen molar-refractivity contribution in [2.24, 2.45) is 0 Å². The van der Waals surface area contributed by atoms with Crippen molar-refractivity contribution in [1.29, 1.82) is 0 Å². The highest BCUT2D eigenvalue weighted by Gasteiger charge is 2.03. The number of rotatable bonds is 4. The molecule has 0 fully saturated rings. The molecule has 3 nitrogen and oxygen atoms in total. The summed E-state index contributed by atoms with van der Waals surface area (Å²) in [7, 11) is 2.05. The molecule has 0 saturated carbocycles. The molecule has 1 amide bonds. The molecule has 1 aliphatic rings. The number of carbonyl (C=O) groups is 1. The van der Waals surface area contributed by atoms with Gasteiger partial charge in [-0.3, -0.25) is 4.79 Å². The minimum absolute atomic E-state index is 0.585. The highest BCUT2D eigenvalue weighted by atomic mass is 16.1. The molecule has 0 bridgehead atoms. The maximum atomic E-state index is 10.2. The normalized spacial score (nSPS) is 14.4. The van der Waals surface area contributed by atoms with Gasteiger partial charge in [0.05, 0.1) is 0 Å². The van der Waals surface area contributed by atoms with Crippen LogP contribution >= 0.6 is 0 Å². The molecule has 0 spiro atoms. The second kappa shape index (κ2) is 5.34. The molecule has 1 N–H and O–H groups in total. The van der Waals surface area contributed by atoms with Gasteiger partial charge in [0.1, 0.15) is 0 Å². The molecule has 17 heavy (non-hydrogen) atoms. The minimum atomic E-state index is 0.585. The Bertz CT molecular complexity index is 446. The molecular formula is C14H16N2O. The number of amides is 1. The molecule has 0 unspecified atom stereocenters. The van der Waals surface area contributed by atoms with Crippen LogP contribution in [0.5, 0.6) is 0 Å². The number of hydrogen-bond acceptors (Lipinski definition) is 2. The van der Waals surface area contributed by atoms with E-state index in [0.29, 0.717) is 6.54 Å². The van der Waals surface area contributed by atoms with E-state index in [2.05, 4.69) is 47.7 Å². The molecule has 88 valence electrons. The third kappa shape index (κ3) is 2.97. The Morgan fingerprint density at radius 3 is 2.71 bits per heavy atom. The van der Waals surface area contributed by atoms with Gasteiger partial charge in [-0.15, -0.1) is 0 Å². The lowest BCUT2D eigenvalue weighted by Gasteiger charge is -2.17. The number of likely N-dealkylation sites (N-methyl/N-ethyl adjacent to an activating group) is 1. The van der Waals surface area contributed by atoms with E-state index >= 15 is 0 Å². The number of benzene rings is 1. The summed E-state index contributed by atoms with van der Waals surface area (Å²) in [6, 6.07) is 8.25. The first-order valence-electron chi connectivity index (χ1n) is 5.64. The van der Waals surface area contributed by atoms with Crippen molar-refractivity contribution in [3.05, 3.63) is 53.7 Å². The van der Waals surface area contributed by atoms with Gasteiger partial charge < -0.3 is 10.2 Å². The Balaban J connectivity index is 2.08. The van der Waals surface area contributed by atoms with Gasteiger partial charge in [-0.05, 0) is 29.0 Å². The number of nitrogens with zero attached hydrogens (tertiary/aromatic N) is 1. The molecule has 0 saturated heterocycles. The fourth-order valence-electron chi connectivity index (χ4n) is 1.77. The van der Waals surface area contributed by atoms with Crippen molar-refractivity contribution < 1.29 is 4.79 Å². The summed E-state index contributed by atoms with van der Waals surface area (Å²) in [5.41, 5.74) is 3.57. The molecule has 1 heterocycles. The molecule has 0 aliphatic carbocycles. The number of allylic oxidation sites excluding steroid dienone is 2. The van der Waals surface area contributed by atoms with E-state index in [0.717, 1.165) is 18.5 Å². The van der Waals surface area contributed by atoms with E-state index in [1.54, 1.807) is 0 Å². The maximum Gasteiger partial charge on any atom is 0.207 e. The maximum absolute atomic E-state index is 10.2. The Morgan fingerprint density at radius 1 is 1.35 bits per heavy atom. The van der Waals surface area contributed by atoms with E-state index in [1.165, 1.54) is 11.1 Å². The van der Waals surface area contributed by atoms with Crippen LogP contribution in [0.4, 0.5) is 0 Å². The highest BCUT2D eigenvalue weighted by molar-refractivity contribution is 5.74. The van der Waals surface area contributed by atoms with Crippen LogP contribution < -0.4 is 5.32 Å². The second-order valence-corrected chi connectivity index (χ2v) is 4.11. The van der Waals surface area contributed by atoms with Gasteiger partial charge in [0.25, 0.3) is 0 Å². The van der Waals surface area contributed by atoms with Gasteiger partial charge in [-0.25, -0.2) is 0 Å². The zero-order valence-electron chi connectivity index (χ0n) is 9.89. The Morgan fingerprint density at radius 2 is 2.12 bits per heavy atom. The predicted octanol–water partition coefficient (Wildman–Crippen LogP) is 1.78. The van der Waals surface area contributed by atoms with E-state index in [-0.39, 0.29) is 0 Å². The van der Waals surface area contributed by atoms with Crippen LogP contribution in [0.1, 0.15) is 11.1 Å². The van der Waals surface area contributed by atoms with Crippen molar-refractivity contribution in [2.45, 2.75) is 6.54 Å². The van der Waals surface area contributed by atoms with Gasteiger partial charge in [0, 0.05) is 20.1 Å². The lowest BCUT2D eigenvalue weighted by Crippen LogP contribution is -2.13. The fourth-order valence-corrected chi connectivity index (χ4v) is 1.77. The molecule has 0 radical (unpaired) electrons. The highest BCUT2D eigenvalue weighted by Crippen LogP contribution is 2.19. The van der Waals surface area contributed by atoms with Gasteiger partial charge in [0.2, 0.25) is 6.41 Å². The second-order valence-electron chi connectivity index (χ2n) is 4.11. The summed E-state index contributed by atoms with van der Waals surface area (Å²) >= 11 is 0. The van der Waals surface area contributed by atoms with Crippen LogP contribution in [0.15, 0.2) is 42.6 Å².